The fraction of sp³-hybridized carbons (Fsp3) is 0.333. The van der Waals surface area contributed by atoms with E-state index in [0.29, 0.717) is 18.0 Å². The summed E-state index contributed by atoms with van der Waals surface area (Å²) in [6.45, 7) is 3.93. The number of sulfonamides is 1. The number of aryl methyl sites for hydroxylation is 1. The molecule has 1 heterocycles. The highest BCUT2D eigenvalue weighted by Gasteiger charge is 2.36. The molecule has 1 atom stereocenters. The minimum Gasteiger partial charge on any atom is -0.303 e. The Morgan fingerprint density at radius 3 is 2.46 bits per heavy atom. The highest BCUT2D eigenvalue weighted by Crippen LogP contribution is 2.31. The van der Waals surface area contributed by atoms with Gasteiger partial charge in [0.1, 0.15) is 0 Å². The van der Waals surface area contributed by atoms with Crippen LogP contribution >= 0.6 is 22.6 Å². The first-order chi connectivity index (χ1) is 11.4. The van der Waals surface area contributed by atoms with E-state index < -0.39 is 10.0 Å². The molecule has 0 aliphatic carbocycles. The first-order valence-electron chi connectivity index (χ1n) is 7.91. The molecule has 1 aliphatic rings. The summed E-state index contributed by atoms with van der Waals surface area (Å²) in [4.78, 5) is 2.56. The molecule has 0 bridgehead atoms. The van der Waals surface area contributed by atoms with Gasteiger partial charge in [0.05, 0.1) is 10.9 Å². The van der Waals surface area contributed by atoms with Crippen molar-refractivity contribution in [2.24, 2.45) is 0 Å². The van der Waals surface area contributed by atoms with Gasteiger partial charge in [-0.1, -0.05) is 36.4 Å². The van der Waals surface area contributed by atoms with Gasteiger partial charge >= 0.3 is 0 Å². The van der Waals surface area contributed by atoms with E-state index in [4.69, 9.17) is 0 Å². The van der Waals surface area contributed by atoms with Crippen LogP contribution in [0.5, 0.6) is 0 Å². The normalized spacial score (nSPS) is 20.2. The summed E-state index contributed by atoms with van der Waals surface area (Å²) in [6.07, 6.45) is 0. The SMILES string of the molecule is Cc1ccc(S(=O)(=O)N2CCN(C)CC2c2ccccc2)cc1I. The molecule has 2 aromatic carbocycles. The van der Waals surface area contributed by atoms with Gasteiger partial charge in [0, 0.05) is 23.2 Å². The zero-order valence-electron chi connectivity index (χ0n) is 13.8. The van der Waals surface area contributed by atoms with Gasteiger partial charge in [-0.3, -0.25) is 0 Å². The zero-order chi connectivity index (χ0) is 17.3. The van der Waals surface area contributed by atoms with Crippen LogP contribution in [0.1, 0.15) is 17.2 Å². The standard InChI is InChI=1S/C18H21IN2O2S/c1-14-8-9-16(12-17(14)19)24(22,23)21-11-10-20(2)13-18(21)15-6-4-3-5-7-15/h3-9,12,18H,10-11,13H2,1-2H3. The maximum absolute atomic E-state index is 13.2. The molecule has 0 spiro atoms. The van der Waals surface area contributed by atoms with Crippen molar-refractivity contribution < 1.29 is 8.42 Å². The Morgan fingerprint density at radius 2 is 1.79 bits per heavy atom. The van der Waals surface area contributed by atoms with Crippen molar-refractivity contribution >= 4 is 32.6 Å². The Hall–Kier alpha value is -0.960. The van der Waals surface area contributed by atoms with Crippen LogP contribution in [0.3, 0.4) is 0 Å². The maximum atomic E-state index is 13.2. The van der Waals surface area contributed by atoms with Crippen LogP contribution in [0.2, 0.25) is 0 Å². The number of halogens is 1. The molecule has 1 aliphatic heterocycles. The van der Waals surface area contributed by atoms with Gasteiger partial charge in [0.25, 0.3) is 0 Å². The monoisotopic (exact) mass is 456 g/mol. The maximum Gasteiger partial charge on any atom is 0.243 e. The van der Waals surface area contributed by atoms with Gasteiger partial charge in [0.2, 0.25) is 10.0 Å². The van der Waals surface area contributed by atoms with Crippen molar-refractivity contribution in [2.75, 3.05) is 26.7 Å². The lowest BCUT2D eigenvalue weighted by atomic mass is 10.1. The van der Waals surface area contributed by atoms with Crippen molar-refractivity contribution in [1.82, 2.24) is 9.21 Å². The number of rotatable bonds is 3. The van der Waals surface area contributed by atoms with Crippen molar-refractivity contribution in [2.45, 2.75) is 17.9 Å². The van der Waals surface area contributed by atoms with Crippen molar-refractivity contribution in [3.8, 4) is 0 Å². The summed E-state index contributed by atoms with van der Waals surface area (Å²) in [5.74, 6) is 0. The summed E-state index contributed by atoms with van der Waals surface area (Å²) in [5.41, 5.74) is 2.13. The average molecular weight is 456 g/mol. The lowest BCUT2D eigenvalue weighted by molar-refractivity contribution is 0.160. The number of hydrogen-bond acceptors (Lipinski definition) is 3. The predicted molar refractivity (Wildman–Crippen MR) is 104 cm³/mol. The molecule has 6 heteroatoms. The first kappa shape index (κ1) is 17.8. The molecular formula is C18H21IN2O2S. The average Bonchev–Trinajstić information content (AvgIpc) is 2.57. The van der Waals surface area contributed by atoms with Gasteiger partial charge in [-0.25, -0.2) is 8.42 Å². The molecule has 0 N–H and O–H groups in total. The van der Waals surface area contributed by atoms with Crippen molar-refractivity contribution in [3.05, 3.63) is 63.2 Å². The number of likely N-dealkylation sites (N-methyl/N-ethyl adjacent to an activating group) is 1. The molecule has 3 rings (SSSR count). The van der Waals surface area contributed by atoms with E-state index in [1.165, 1.54) is 0 Å². The molecule has 0 aromatic heterocycles. The third-order valence-corrected chi connectivity index (χ3v) is 7.53. The predicted octanol–water partition coefficient (Wildman–Crippen LogP) is 3.28. The number of nitrogens with zero attached hydrogens (tertiary/aromatic N) is 2. The second-order valence-electron chi connectivity index (χ2n) is 6.22. The topological polar surface area (TPSA) is 40.6 Å². The number of benzene rings is 2. The summed E-state index contributed by atoms with van der Waals surface area (Å²) < 4.78 is 29.1. The second kappa shape index (κ2) is 7.11. The molecule has 4 nitrogen and oxygen atoms in total. The van der Waals surface area contributed by atoms with Crippen LogP contribution in [0.25, 0.3) is 0 Å². The fourth-order valence-corrected chi connectivity index (χ4v) is 5.36. The molecule has 128 valence electrons. The largest absolute Gasteiger partial charge is 0.303 e. The third-order valence-electron chi connectivity index (χ3n) is 4.47. The minimum absolute atomic E-state index is 0.158. The minimum atomic E-state index is -3.52. The Labute approximate surface area is 157 Å². The number of piperazine rings is 1. The first-order valence-corrected chi connectivity index (χ1v) is 10.4. The molecular weight excluding hydrogens is 435 g/mol. The molecule has 2 aromatic rings. The molecule has 24 heavy (non-hydrogen) atoms. The van der Waals surface area contributed by atoms with Crippen molar-refractivity contribution in [1.29, 1.82) is 0 Å². The molecule has 0 radical (unpaired) electrons. The van der Waals surface area contributed by atoms with Gasteiger partial charge < -0.3 is 4.90 Å². The van der Waals surface area contributed by atoms with Crippen LogP contribution in [-0.2, 0) is 10.0 Å². The quantitative estimate of drug-likeness (QED) is 0.666. The molecule has 1 fully saturated rings. The van der Waals surface area contributed by atoms with Crippen molar-refractivity contribution in [3.63, 3.8) is 0 Å². The van der Waals surface area contributed by atoms with Crippen LogP contribution < -0.4 is 0 Å². The van der Waals surface area contributed by atoms with E-state index >= 15 is 0 Å². The van der Waals surface area contributed by atoms with Crippen LogP contribution in [-0.4, -0.2) is 44.3 Å². The highest BCUT2D eigenvalue weighted by molar-refractivity contribution is 14.1. The smallest absolute Gasteiger partial charge is 0.243 e. The highest BCUT2D eigenvalue weighted by atomic mass is 127. The fourth-order valence-electron chi connectivity index (χ4n) is 3.01. The Kier molecular flexibility index (Phi) is 5.29. The van der Waals surface area contributed by atoms with Gasteiger partial charge in [-0.15, -0.1) is 0 Å². The van der Waals surface area contributed by atoms with Crippen LogP contribution in [0.15, 0.2) is 53.4 Å². The van der Waals surface area contributed by atoms with Gasteiger partial charge in [-0.05, 0) is 59.8 Å². The summed E-state index contributed by atoms with van der Waals surface area (Å²) in [7, 11) is -1.48. The Bertz CT molecular complexity index is 824. The third kappa shape index (κ3) is 3.51. The van der Waals surface area contributed by atoms with E-state index in [-0.39, 0.29) is 6.04 Å². The van der Waals surface area contributed by atoms with E-state index in [2.05, 4.69) is 27.5 Å². The Morgan fingerprint density at radius 1 is 1.08 bits per heavy atom. The summed E-state index contributed by atoms with van der Waals surface area (Å²) in [5, 5.41) is 0. The molecule has 1 unspecified atom stereocenters. The van der Waals surface area contributed by atoms with Crippen LogP contribution in [0.4, 0.5) is 0 Å². The lowest BCUT2D eigenvalue weighted by Gasteiger charge is -2.39. The summed E-state index contributed by atoms with van der Waals surface area (Å²) >= 11 is 2.19. The van der Waals surface area contributed by atoms with E-state index in [0.717, 1.165) is 21.2 Å². The Balaban J connectivity index is 2.02. The second-order valence-corrected chi connectivity index (χ2v) is 9.27. The summed E-state index contributed by atoms with van der Waals surface area (Å²) in [6, 6.07) is 15.1. The van der Waals surface area contributed by atoms with Gasteiger partial charge in [-0.2, -0.15) is 4.31 Å². The van der Waals surface area contributed by atoms with E-state index in [1.54, 1.807) is 16.4 Å². The van der Waals surface area contributed by atoms with E-state index in [1.807, 2.05) is 50.4 Å². The molecule has 0 saturated carbocycles. The van der Waals surface area contributed by atoms with Crippen LogP contribution in [0, 0.1) is 10.5 Å². The molecule has 1 saturated heterocycles. The zero-order valence-corrected chi connectivity index (χ0v) is 16.8. The van der Waals surface area contributed by atoms with E-state index in [9.17, 15) is 8.42 Å². The number of hydrogen-bond donors (Lipinski definition) is 0. The van der Waals surface area contributed by atoms with Gasteiger partial charge in [0.15, 0.2) is 0 Å². The lowest BCUT2D eigenvalue weighted by Crippen LogP contribution is -2.49. The molecule has 0 amide bonds.